The van der Waals surface area contributed by atoms with Crippen molar-refractivity contribution in [3.05, 3.63) is 42.2 Å². The van der Waals surface area contributed by atoms with Crippen LogP contribution in [0.4, 0.5) is 17.3 Å². The van der Waals surface area contributed by atoms with Crippen LogP contribution in [-0.4, -0.2) is 68.2 Å². The highest BCUT2D eigenvalue weighted by molar-refractivity contribution is 5.54. The van der Waals surface area contributed by atoms with Gasteiger partial charge < -0.3 is 24.2 Å². The van der Waals surface area contributed by atoms with Crippen LogP contribution in [0, 0.1) is 6.92 Å². The van der Waals surface area contributed by atoms with Crippen molar-refractivity contribution in [3.63, 3.8) is 0 Å². The van der Waals surface area contributed by atoms with Crippen LogP contribution in [-0.2, 0) is 9.47 Å². The predicted octanol–water partition coefficient (Wildman–Crippen LogP) is 2.45. The van der Waals surface area contributed by atoms with Crippen LogP contribution in [0.5, 0.6) is 0 Å². The summed E-state index contributed by atoms with van der Waals surface area (Å²) in [6.07, 6.45) is 1.78. The van der Waals surface area contributed by atoms with Crippen molar-refractivity contribution in [2.45, 2.75) is 25.6 Å². The Bertz CT molecular complexity index is 822. The Morgan fingerprint density at radius 3 is 1.93 bits per heavy atom. The molecule has 4 heterocycles. The maximum Gasteiger partial charge on any atom is 0.171 e. The molecule has 0 atom stereocenters. The zero-order valence-electron chi connectivity index (χ0n) is 17.1. The molecule has 0 radical (unpaired) electrons. The predicted molar refractivity (Wildman–Crippen MR) is 114 cm³/mol. The van der Waals surface area contributed by atoms with E-state index in [2.05, 4.69) is 51.1 Å². The Morgan fingerprint density at radius 2 is 1.31 bits per heavy atom. The first-order chi connectivity index (χ1) is 14.2. The van der Waals surface area contributed by atoms with Gasteiger partial charge in [-0.25, -0.2) is 9.97 Å². The third kappa shape index (κ3) is 3.89. The van der Waals surface area contributed by atoms with Crippen molar-refractivity contribution >= 4 is 17.3 Å². The highest BCUT2D eigenvalue weighted by Gasteiger charge is 2.40. The number of ether oxygens (including phenoxy) is 2. The van der Waals surface area contributed by atoms with Gasteiger partial charge in [-0.3, -0.25) is 0 Å². The molecule has 7 nitrogen and oxygen atoms in total. The van der Waals surface area contributed by atoms with E-state index in [0.717, 1.165) is 69.6 Å². The number of nitrogens with zero attached hydrogens (tertiary/aromatic N) is 5. The van der Waals surface area contributed by atoms with Crippen molar-refractivity contribution in [3.8, 4) is 0 Å². The molecule has 3 aliphatic rings. The third-order valence-corrected chi connectivity index (χ3v) is 6.20. The van der Waals surface area contributed by atoms with Crippen LogP contribution in [0.25, 0.3) is 0 Å². The van der Waals surface area contributed by atoms with E-state index in [-0.39, 0.29) is 5.79 Å². The van der Waals surface area contributed by atoms with Crippen molar-refractivity contribution in [2.24, 2.45) is 0 Å². The first kappa shape index (κ1) is 18.6. The summed E-state index contributed by atoms with van der Waals surface area (Å²) in [5.41, 5.74) is 1.30. The zero-order chi connectivity index (χ0) is 19.7. The molecule has 3 saturated heterocycles. The summed E-state index contributed by atoms with van der Waals surface area (Å²) < 4.78 is 11.7. The highest BCUT2D eigenvalue weighted by Crippen LogP contribution is 2.33. The third-order valence-electron chi connectivity index (χ3n) is 6.20. The Kier molecular flexibility index (Phi) is 5.01. The molecule has 7 heteroatoms. The van der Waals surface area contributed by atoms with Gasteiger partial charge in [0.15, 0.2) is 5.79 Å². The highest BCUT2D eigenvalue weighted by atomic mass is 16.7. The lowest BCUT2D eigenvalue weighted by atomic mass is 10.0. The van der Waals surface area contributed by atoms with Crippen LogP contribution < -0.4 is 14.7 Å². The van der Waals surface area contributed by atoms with E-state index in [0.29, 0.717) is 13.2 Å². The van der Waals surface area contributed by atoms with Crippen molar-refractivity contribution in [2.75, 3.05) is 67.2 Å². The lowest BCUT2D eigenvalue weighted by Gasteiger charge is -2.39. The van der Waals surface area contributed by atoms with Crippen LogP contribution in [0.2, 0.25) is 0 Å². The molecule has 3 aliphatic heterocycles. The number of piperazine rings is 1. The second-order valence-electron chi connectivity index (χ2n) is 8.04. The van der Waals surface area contributed by atoms with Crippen LogP contribution in [0.1, 0.15) is 18.7 Å². The van der Waals surface area contributed by atoms with Gasteiger partial charge >= 0.3 is 0 Å². The molecule has 1 aromatic carbocycles. The van der Waals surface area contributed by atoms with E-state index in [9.17, 15) is 0 Å². The molecule has 1 aromatic heterocycles. The summed E-state index contributed by atoms with van der Waals surface area (Å²) in [7, 11) is 0. The number of aromatic nitrogens is 2. The summed E-state index contributed by atoms with van der Waals surface area (Å²) in [5.74, 6) is 2.53. The molecule has 5 rings (SSSR count). The van der Waals surface area contributed by atoms with Gasteiger partial charge in [0.05, 0.1) is 13.2 Å². The van der Waals surface area contributed by atoms with Crippen molar-refractivity contribution < 1.29 is 9.47 Å². The summed E-state index contributed by atoms with van der Waals surface area (Å²) in [4.78, 5) is 16.6. The summed E-state index contributed by atoms with van der Waals surface area (Å²) in [6.45, 7) is 9.16. The van der Waals surface area contributed by atoms with E-state index < -0.39 is 0 Å². The number of para-hydroxylation sites is 1. The molecular formula is C22H29N5O2. The number of benzene rings is 1. The molecule has 1 spiro atoms. The Labute approximate surface area is 172 Å². The largest absolute Gasteiger partial charge is 0.368 e. The van der Waals surface area contributed by atoms with E-state index in [1.54, 1.807) is 0 Å². The average Bonchev–Trinajstić information content (AvgIpc) is 3.22. The molecule has 0 bridgehead atoms. The van der Waals surface area contributed by atoms with Gasteiger partial charge in [0.1, 0.15) is 17.5 Å². The van der Waals surface area contributed by atoms with Crippen molar-refractivity contribution in [1.82, 2.24) is 9.97 Å². The van der Waals surface area contributed by atoms with Gasteiger partial charge in [-0.15, -0.1) is 0 Å². The number of rotatable bonds is 3. The van der Waals surface area contributed by atoms with Crippen molar-refractivity contribution in [1.29, 1.82) is 0 Å². The van der Waals surface area contributed by atoms with Gasteiger partial charge in [-0.1, -0.05) is 18.2 Å². The molecule has 29 heavy (non-hydrogen) atoms. The minimum absolute atomic E-state index is 0.352. The van der Waals surface area contributed by atoms with E-state index in [1.165, 1.54) is 5.69 Å². The molecule has 0 saturated carbocycles. The molecule has 3 fully saturated rings. The van der Waals surface area contributed by atoms with E-state index in [4.69, 9.17) is 19.4 Å². The second kappa shape index (κ2) is 7.80. The van der Waals surface area contributed by atoms with Crippen LogP contribution >= 0.6 is 0 Å². The van der Waals surface area contributed by atoms with Gasteiger partial charge in [0, 0.05) is 63.9 Å². The second-order valence-corrected chi connectivity index (χ2v) is 8.04. The van der Waals surface area contributed by atoms with Crippen LogP contribution in [0.15, 0.2) is 36.4 Å². The number of hydrogen-bond donors (Lipinski definition) is 0. The van der Waals surface area contributed by atoms with Gasteiger partial charge in [0.2, 0.25) is 0 Å². The standard InChI is InChI=1S/C22H29N5O2/c1-18-23-20(26-9-7-22(8-10-26)28-15-16-29-22)17-21(24-18)27-13-11-25(12-14-27)19-5-3-2-4-6-19/h2-6,17H,7-16H2,1H3. The number of aryl methyl sites for hydroxylation is 1. The fourth-order valence-corrected chi connectivity index (χ4v) is 4.56. The summed E-state index contributed by atoms with van der Waals surface area (Å²) in [6, 6.07) is 12.8. The molecule has 0 unspecified atom stereocenters. The number of hydrogen-bond acceptors (Lipinski definition) is 7. The maximum absolute atomic E-state index is 5.86. The zero-order valence-corrected chi connectivity index (χ0v) is 17.1. The van der Waals surface area contributed by atoms with Gasteiger partial charge in [0.25, 0.3) is 0 Å². The average molecular weight is 396 g/mol. The fourth-order valence-electron chi connectivity index (χ4n) is 4.56. The summed E-state index contributed by atoms with van der Waals surface area (Å²) >= 11 is 0. The Balaban J connectivity index is 1.26. The minimum atomic E-state index is -0.352. The summed E-state index contributed by atoms with van der Waals surface area (Å²) in [5, 5.41) is 0. The fraction of sp³-hybridized carbons (Fsp3) is 0.545. The first-order valence-corrected chi connectivity index (χ1v) is 10.6. The molecule has 0 amide bonds. The number of anilines is 3. The number of piperidine rings is 1. The quantitative estimate of drug-likeness (QED) is 0.791. The molecule has 0 N–H and O–H groups in total. The lowest BCUT2D eigenvalue weighted by Crippen LogP contribution is -2.47. The Morgan fingerprint density at radius 1 is 0.759 bits per heavy atom. The topological polar surface area (TPSA) is 54.0 Å². The van der Waals surface area contributed by atoms with Gasteiger partial charge in [-0.05, 0) is 19.1 Å². The van der Waals surface area contributed by atoms with E-state index >= 15 is 0 Å². The molecule has 154 valence electrons. The minimum Gasteiger partial charge on any atom is -0.368 e. The van der Waals surface area contributed by atoms with E-state index in [1.807, 2.05) is 6.92 Å². The lowest BCUT2D eigenvalue weighted by molar-refractivity contribution is -0.169. The smallest absolute Gasteiger partial charge is 0.171 e. The normalized spacial score (nSPS) is 21.8. The molecule has 0 aliphatic carbocycles. The SMILES string of the molecule is Cc1nc(N2CCN(c3ccccc3)CC2)cc(N2CCC3(CC2)OCCO3)n1. The first-order valence-electron chi connectivity index (χ1n) is 10.6. The van der Waals surface area contributed by atoms with Crippen LogP contribution in [0.3, 0.4) is 0 Å². The van der Waals surface area contributed by atoms with Gasteiger partial charge in [-0.2, -0.15) is 0 Å². The monoisotopic (exact) mass is 395 g/mol. The molecule has 2 aromatic rings. The maximum atomic E-state index is 5.86. The Hall–Kier alpha value is -2.38. The molecular weight excluding hydrogens is 366 g/mol.